The third kappa shape index (κ3) is 4.28. The van der Waals surface area contributed by atoms with Gasteiger partial charge in [0, 0.05) is 5.92 Å². The highest BCUT2D eigenvalue weighted by atomic mass is 16.1. The van der Waals surface area contributed by atoms with Crippen LogP contribution in [0.5, 0.6) is 0 Å². The van der Waals surface area contributed by atoms with E-state index in [-0.39, 0.29) is 5.92 Å². The van der Waals surface area contributed by atoms with Crippen molar-refractivity contribution in [1.29, 1.82) is 0 Å². The van der Waals surface area contributed by atoms with Gasteiger partial charge < -0.3 is 0 Å². The summed E-state index contributed by atoms with van der Waals surface area (Å²) in [4.78, 5) is 11.2. The van der Waals surface area contributed by atoms with Crippen LogP contribution in [0.3, 0.4) is 0 Å². The Labute approximate surface area is 92.5 Å². The first-order valence-corrected chi connectivity index (χ1v) is 5.78. The van der Waals surface area contributed by atoms with Crippen LogP contribution in [0, 0.1) is 5.92 Å². The minimum atomic E-state index is 0.272. The molecule has 15 heavy (non-hydrogen) atoms. The smallest absolute Gasteiger partial charge is 0.132 e. The molecule has 1 atom stereocenters. The molecule has 0 aliphatic rings. The molecular weight excluding hydrogens is 184 g/mol. The van der Waals surface area contributed by atoms with E-state index in [0.29, 0.717) is 5.78 Å². The first-order valence-electron chi connectivity index (χ1n) is 5.78. The molecule has 0 aliphatic heterocycles. The number of ketones is 1. The van der Waals surface area contributed by atoms with Crippen LogP contribution < -0.4 is 0 Å². The Bertz CT molecular complexity index is 289. The Hall–Kier alpha value is -1.11. The molecule has 0 N–H and O–H groups in total. The van der Waals surface area contributed by atoms with Gasteiger partial charge in [0.25, 0.3) is 0 Å². The van der Waals surface area contributed by atoms with Crippen molar-refractivity contribution in [1.82, 2.24) is 0 Å². The average molecular weight is 204 g/mol. The van der Waals surface area contributed by atoms with Gasteiger partial charge in [-0.05, 0) is 38.2 Å². The summed E-state index contributed by atoms with van der Waals surface area (Å²) in [6.45, 7) is 3.80. The van der Waals surface area contributed by atoms with Crippen LogP contribution in [0.25, 0.3) is 0 Å². The second-order valence-electron chi connectivity index (χ2n) is 4.09. The molecule has 1 aromatic carbocycles. The minimum absolute atomic E-state index is 0.272. The fourth-order valence-corrected chi connectivity index (χ4v) is 1.89. The van der Waals surface area contributed by atoms with Gasteiger partial charge in [-0.25, -0.2) is 0 Å². The Balaban J connectivity index is 2.30. The molecule has 0 amide bonds. The molecular formula is C14H20O. The molecule has 0 fully saturated rings. The number of hydrogen-bond donors (Lipinski definition) is 0. The van der Waals surface area contributed by atoms with Crippen molar-refractivity contribution in [2.24, 2.45) is 5.92 Å². The van der Waals surface area contributed by atoms with Crippen molar-refractivity contribution in [3.8, 4) is 0 Å². The predicted octanol–water partition coefficient (Wildman–Crippen LogP) is 3.62. The maximum absolute atomic E-state index is 11.2. The van der Waals surface area contributed by atoms with Crippen molar-refractivity contribution in [2.75, 3.05) is 0 Å². The van der Waals surface area contributed by atoms with Crippen molar-refractivity contribution in [3.63, 3.8) is 0 Å². The summed E-state index contributed by atoms with van der Waals surface area (Å²) in [5.74, 6) is 0.610. The Morgan fingerprint density at radius 3 is 2.47 bits per heavy atom. The topological polar surface area (TPSA) is 17.1 Å². The first kappa shape index (κ1) is 12.0. The van der Waals surface area contributed by atoms with Crippen LogP contribution in [0.15, 0.2) is 30.3 Å². The Morgan fingerprint density at radius 1 is 1.27 bits per heavy atom. The van der Waals surface area contributed by atoms with Gasteiger partial charge in [-0.3, -0.25) is 4.79 Å². The number of carbonyl (C=O) groups is 1. The van der Waals surface area contributed by atoms with Crippen LogP contribution in [-0.4, -0.2) is 5.78 Å². The summed E-state index contributed by atoms with van der Waals surface area (Å²) in [6, 6.07) is 10.5. The van der Waals surface area contributed by atoms with Crippen LogP contribution >= 0.6 is 0 Å². The van der Waals surface area contributed by atoms with E-state index in [1.165, 1.54) is 5.56 Å². The Kier molecular flexibility index (Phi) is 5.09. The van der Waals surface area contributed by atoms with E-state index in [2.05, 4.69) is 31.2 Å². The molecule has 0 bridgehead atoms. The maximum atomic E-state index is 11.2. The molecule has 1 heteroatoms. The van der Waals surface area contributed by atoms with Gasteiger partial charge in [0.2, 0.25) is 0 Å². The number of carbonyl (C=O) groups excluding carboxylic acids is 1. The van der Waals surface area contributed by atoms with Gasteiger partial charge in [-0.2, -0.15) is 0 Å². The minimum Gasteiger partial charge on any atom is -0.300 e. The molecule has 0 saturated carbocycles. The van der Waals surface area contributed by atoms with Crippen molar-refractivity contribution in [3.05, 3.63) is 35.9 Å². The van der Waals surface area contributed by atoms with E-state index in [1.807, 2.05) is 6.07 Å². The molecule has 0 spiro atoms. The Morgan fingerprint density at radius 2 is 1.93 bits per heavy atom. The van der Waals surface area contributed by atoms with Gasteiger partial charge in [-0.15, -0.1) is 0 Å². The summed E-state index contributed by atoms with van der Waals surface area (Å²) in [6.07, 6.45) is 4.21. The molecule has 0 radical (unpaired) electrons. The predicted molar refractivity (Wildman–Crippen MR) is 63.8 cm³/mol. The molecule has 1 unspecified atom stereocenters. The van der Waals surface area contributed by atoms with Gasteiger partial charge in [-0.1, -0.05) is 37.3 Å². The summed E-state index contributed by atoms with van der Waals surface area (Å²) in [5.41, 5.74) is 1.37. The van der Waals surface area contributed by atoms with E-state index in [9.17, 15) is 4.79 Å². The van der Waals surface area contributed by atoms with Crippen LogP contribution in [0.2, 0.25) is 0 Å². The van der Waals surface area contributed by atoms with Crippen molar-refractivity contribution >= 4 is 5.78 Å². The normalized spacial score (nSPS) is 12.4. The van der Waals surface area contributed by atoms with Gasteiger partial charge in [0.1, 0.15) is 5.78 Å². The van der Waals surface area contributed by atoms with E-state index < -0.39 is 0 Å². The van der Waals surface area contributed by atoms with Crippen LogP contribution in [0.1, 0.15) is 38.7 Å². The lowest BCUT2D eigenvalue weighted by molar-refractivity contribution is -0.121. The number of benzene rings is 1. The second kappa shape index (κ2) is 6.39. The number of hydrogen-bond acceptors (Lipinski definition) is 1. The van der Waals surface area contributed by atoms with E-state index in [1.54, 1.807) is 6.92 Å². The van der Waals surface area contributed by atoms with Crippen LogP contribution in [-0.2, 0) is 11.2 Å². The fourth-order valence-electron chi connectivity index (χ4n) is 1.89. The third-order valence-electron chi connectivity index (χ3n) is 2.93. The SMILES string of the molecule is CCC(CCCc1ccccc1)C(C)=O. The first-order chi connectivity index (χ1) is 7.24. The number of aryl methyl sites for hydroxylation is 1. The van der Waals surface area contributed by atoms with Gasteiger partial charge in [0.05, 0.1) is 0 Å². The summed E-state index contributed by atoms with van der Waals surface area (Å²) in [5, 5.41) is 0. The lowest BCUT2D eigenvalue weighted by Crippen LogP contribution is -2.09. The largest absolute Gasteiger partial charge is 0.300 e. The maximum Gasteiger partial charge on any atom is 0.132 e. The second-order valence-corrected chi connectivity index (χ2v) is 4.09. The van der Waals surface area contributed by atoms with Crippen LogP contribution in [0.4, 0.5) is 0 Å². The third-order valence-corrected chi connectivity index (χ3v) is 2.93. The summed E-state index contributed by atoms with van der Waals surface area (Å²) < 4.78 is 0. The molecule has 0 saturated heterocycles. The highest BCUT2D eigenvalue weighted by molar-refractivity contribution is 5.78. The van der Waals surface area contributed by atoms with Gasteiger partial charge in [0.15, 0.2) is 0 Å². The lowest BCUT2D eigenvalue weighted by Gasteiger charge is -2.10. The molecule has 0 aromatic heterocycles. The van der Waals surface area contributed by atoms with E-state index in [4.69, 9.17) is 0 Å². The summed E-state index contributed by atoms with van der Waals surface area (Å²) in [7, 11) is 0. The molecule has 1 rings (SSSR count). The molecule has 0 heterocycles. The average Bonchev–Trinajstić information content (AvgIpc) is 2.25. The zero-order valence-corrected chi connectivity index (χ0v) is 9.70. The van der Waals surface area contributed by atoms with E-state index >= 15 is 0 Å². The highest BCUT2D eigenvalue weighted by Gasteiger charge is 2.10. The highest BCUT2D eigenvalue weighted by Crippen LogP contribution is 2.14. The molecule has 1 nitrogen and oxygen atoms in total. The molecule has 82 valence electrons. The number of rotatable bonds is 6. The zero-order chi connectivity index (χ0) is 11.1. The lowest BCUT2D eigenvalue weighted by atomic mass is 9.94. The fraction of sp³-hybridized carbons (Fsp3) is 0.500. The standard InChI is InChI=1S/C14H20O/c1-3-14(12(2)15)11-7-10-13-8-5-4-6-9-13/h4-6,8-9,14H,3,7,10-11H2,1-2H3. The summed E-state index contributed by atoms with van der Waals surface area (Å²) >= 11 is 0. The zero-order valence-electron chi connectivity index (χ0n) is 9.70. The quantitative estimate of drug-likeness (QED) is 0.691. The van der Waals surface area contributed by atoms with Gasteiger partial charge >= 0.3 is 0 Å². The van der Waals surface area contributed by atoms with Crippen molar-refractivity contribution < 1.29 is 4.79 Å². The van der Waals surface area contributed by atoms with Crippen molar-refractivity contribution in [2.45, 2.75) is 39.5 Å². The molecule has 0 aliphatic carbocycles. The molecule has 1 aromatic rings. The van der Waals surface area contributed by atoms with E-state index in [0.717, 1.165) is 25.7 Å². The number of Topliss-reactive ketones (excluding diaryl/α,β-unsaturated/α-hetero) is 1. The monoisotopic (exact) mass is 204 g/mol.